The molecule has 0 saturated heterocycles. The number of hydrogen-bond donors (Lipinski definition) is 1. The molecule has 0 aliphatic carbocycles. The molecule has 0 atom stereocenters. The monoisotopic (exact) mass is 476 g/mol. The fraction of sp³-hybridized carbons (Fsp3) is 0.292. The van der Waals surface area contributed by atoms with E-state index in [0.29, 0.717) is 51.6 Å². The van der Waals surface area contributed by atoms with Crippen LogP contribution in [0.3, 0.4) is 0 Å². The Labute approximate surface area is 199 Å². The zero-order valence-electron chi connectivity index (χ0n) is 19.4. The second kappa shape index (κ2) is 9.45. The minimum atomic E-state index is -0.320. The number of carbonyl (C=O) groups excluding carboxylic acids is 1. The van der Waals surface area contributed by atoms with Gasteiger partial charge >= 0.3 is 0 Å². The van der Waals surface area contributed by atoms with Crippen LogP contribution in [0.5, 0.6) is 5.75 Å². The maximum atomic E-state index is 13.6. The summed E-state index contributed by atoms with van der Waals surface area (Å²) in [6.45, 7) is 2.27. The van der Waals surface area contributed by atoms with Crippen LogP contribution in [0.25, 0.3) is 21.9 Å². The number of methoxy groups -OCH3 is 1. The fourth-order valence-electron chi connectivity index (χ4n) is 4.01. The number of furan rings is 1. The number of nitrogens with zero attached hydrogens (tertiary/aromatic N) is 5. The maximum absolute atomic E-state index is 13.6. The Balaban J connectivity index is 1.54. The highest BCUT2D eigenvalue weighted by molar-refractivity contribution is 6.06. The van der Waals surface area contributed by atoms with Crippen molar-refractivity contribution in [3.05, 3.63) is 70.8 Å². The van der Waals surface area contributed by atoms with Gasteiger partial charge in [-0.1, -0.05) is 12.1 Å². The Hall–Kier alpha value is -4.41. The summed E-state index contributed by atoms with van der Waals surface area (Å²) in [6.07, 6.45) is 4.58. The largest absolute Gasteiger partial charge is 0.497 e. The number of carbonyl (C=O) groups is 1. The van der Waals surface area contributed by atoms with Gasteiger partial charge < -0.3 is 23.6 Å². The van der Waals surface area contributed by atoms with Gasteiger partial charge in [-0.25, -0.2) is 4.98 Å². The first-order chi connectivity index (χ1) is 17.1. The predicted octanol–water partition coefficient (Wildman–Crippen LogP) is 2.65. The molecule has 0 saturated carbocycles. The average molecular weight is 476 g/mol. The van der Waals surface area contributed by atoms with Crippen molar-refractivity contribution >= 4 is 27.8 Å². The molecule has 4 heterocycles. The van der Waals surface area contributed by atoms with Gasteiger partial charge in [0.2, 0.25) is 11.8 Å². The number of fused-ring (bicyclic) bond motifs is 3. The van der Waals surface area contributed by atoms with Crippen LogP contribution in [0.4, 0.5) is 0 Å². The zero-order valence-corrected chi connectivity index (χ0v) is 19.4. The Morgan fingerprint density at radius 2 is 2.14 bits per heavy atom. The summed E-state index contributed by atoms with van der Waals surface area (Å²) in [5.74, 6) is 1.90. The summed E-state index contributed by atoms with van der Waals surface area (Å²) in [5.41, 5.74) is 1.16. The fourth-order valence-corrected chi connectivity index (χ4v) is 4.01. The van der Waals surface area contributed by atoms with Gasteiger partial charge in [-0.15, -0.1) is 0 Å². The Morgan fingerprint density at radius 1 is 1.26 bits per heavy atom. The second-order valence-corrected chi connectivity index (χ2v) is 8.05. The summed E-state index contributed by atoms with van der Waals surface area (Å²) in [7, 11) is 1.57. The highest BCUT2D eigenvalue weighted by Crippen LogP contribution is 2.29. The van der Waals surface area contributed by atoms with Gasteiger partial charge in [-0.2, -0.15) is 4.98 Å². The highest BCUT2D eigenvalue weighted by atomic mass is 16.5. The number of amides is 1. The number of hydrogen-bond acceptors (Lipinski definition) is 8. The van der Waals surface area contributed by atoms with Crippen LogP contribution < -0.4 is 15.6 Å². The Morgan fingerprint density at radius 3 is 2.91 bits per heavy atom. The minimum absolute atomic E-state index is 0.0742. The molecule has 0 aliphatic rings. The molecule has 1 aromatic carbocycles. The first kappa shape index (κ1) is 22.4. The molecule has 1 N–H and O–H groups in total. The molecule has 180 valence electrons. The third-order valence-electron chi connectivity index (χ3n) is 5.66. The van der Waals surface area contributed by atoms with Crippen LogP contribution in [0.2, 0.25) is 0 Å². The average Bonchev–Trinajstić information content (AvgIpc) is 3.60. The number of aromatic nitrogens is 5. The SMILES string of the molecule is CCCc1noc(Cn2cnc3c4cc(OC)ccc4n(CC(=O)NCc4ccco4)c3c2=O)n1. The normalized spacial score (nSPS) is 11.4. The number of rotatable bonds is 9. The van der Waals surface area contributed by atoms with E-state index in [0.717, 1.165) is 6.42 Å². The van der Waals surface area contributed by atoms with Gasteiger partial charge in [0.25, 0.3) is 5.56 Å². The van der Waals surface area contributed by atoms with E-state index in [1.807, 2.05) is 13.0 Å². The van der Waals surface area contributed by atoms with E-state index >= 15 is 0 Å². The standard InChI is InChI=1S/C24H24N6O5/c1-3-5-19-27-21(35-28-19)13-29-14-26-22-17-10-15(33-2)7-8-18(17)30(23(22)24(29)32)12-20(31)25-11-16-6-4-9-34-16/h4,6-10,14H,3,5,11-13H2,1-2H3,(H,25,31). The van der Waals surface area contributed by atoms with Crippen LogP contribution in [-0.4, -0.2) is 37.3 Å². The molecule has 5 rings (SSSR count). The van der Waals surface area contributed by atoms with E-state index in [9.17, 15) is 9.59 Å². The zero-order chi connectivity index (χ0) is 24.4. The predicted molar refractivity (Wildman–Crippen MR) is 126 cm³/mol. The van der Waals surface area contributed by atoms with Crippen molar-refractivity contribution in [3.8, 4) is 5.75 Å². The summed E-state index contributed by atoms with van der Waals surface area (Å²) in [4.78, 5) is 35.3. The van der Waals surface area contributed by atoms with Crippen molar-refractivity contribution in [3.63, 3.8) is 0 Å². The minimum Gasteiger partial charge on any atom is -0.497 e. The quantitative estimate of drug-likeness (QED) is 0.344. The molecule has 5 aromatic rings. The van der Waals surface area contributed by atoms with E-state index < -0.39 is 0 Å². The molecule has 11 heteroatoms. The lowest BCUT2D eigenvalue weighted by atomic mass is 10.2. The summed E-state index contributed by atoms with van der Waals surface area (Å²) in [5, 5.41) is 7.48. The third kappa shape index (κ3) is 4.39. The Kier molecular flexibility index (Phi) is 6.04. The molecule has 1 amide bonds. The van der Waals surface area contributed by atoms with Crippen LogP contribution in [0, 0.1) is 0 Å². The lowest BCUT2D eigenvalue weighted by molar-refractivity contribution is -0.121. The number of benzene rings is 1. The molecule has 0 radical (unpaired) electrons. The molecule has 0 unspecified atom stereocenters. The molecule has 35 heavy (non-hydrogen) atoms. The van der Waals surface area contributed by atoms with E-state index in [4.69, 9.17) is 13.7 Å². The van der Waals surface area contributed by atoms with Crippen molar-refractivity contribution in [2.75, 3.05) is 7.11 Å². The number of nitrogens with one attached hydrogen (secondary N) is 1. The van der Waals surface area contributed by atoms with Crippen LogP contribution in [0.1, 0.15) is 30.8 Å². The molecular weight excluding hydrogens is 452 g/mol. The number of aryl methyl sites for hydroxylation is 1. The molecule has 0 bridgehead atoms. The third-order valence-corrected chi connectivity index (χ3v) is 5.66. The van der Waals surface area contributed by atoms with Gasteiger partial charge in [-0.05, 0) is 36.8 Å². The van der Waals surface area contributed by atoms with Crippen LogP contribution in [0.15, 0.2) is 56.7 Å². The van der Waals surface area contributed by atoms with Crippen molar-refractivity contribution in [2.45, 2.75) is 39.4 Å². The van der Waals surface area contributed by atoms with Gasteiger partial charge in [0.15, 0.2) is 5.82 Å². The topological polar surface area (TPSA) is 130 Å². The first-order valence-corrected chi connectivity index (χ1v) is 11.2. The molecular formula is C24H24N6O5. The molecule has 0 spiro atoms. The van der Waals surface area contributed by atoms with Crippen molar-refractivity contribution < 1.29 is 18.5 Å². The van der Waals surface area contributed by atoms with E-state index in [1.54, 1.807) is 42.2 Å². The van der Waals surface area contributed by atoms with Crippen LogP contribution >= 0.6 is 0 Å². The molecule has 11 nitrogen and oxygen atoms in total. The number of ether oxygens (including phenoxy) is 1. The summed E-state index contributed by atoms with van der Waals surface area (Å²) < 4.78 is 19.0. The molecule has 0 fully saturated rings. The van der Waals surface area contributed by atoms with E-state index in [2.05, 4.69) is 20.4 Å². The van der Waals surface area contributed by atoms with Crippen molar-refractivity contribution in [2.24, 2.45) is 0 Å². The van der Waals surface area contributed by atoms with Crippen LogP contribution in [-0.2, 0) is 30.8 Å². The second-order valence-electron chi connectivity index (χ2n) is 8.05. The summed E-state index contributed by atoms with van der Waals surface area (Å²) in [6, 6.07) is 8.93. The van der Waals surface area contributed by atoms with Gasteiger partial charge in [-0.3, -0.25) is 14.2 Å². The molecule has 0 aliphatic heterocycles. The summed E-state index contributed by atoms with van der Waals surface area (Å²) >= 11 is 0. The van der Waals surface area contributed by atoms with Crippen molar-refractivity contribution in [1.82, 2.24) is 29.6 Å². The lowest BCUT2D eigenvalue weighted by Gasteiger charge is -2.09. The Bertz CT molecular complexity index is 1550. The van der Waals surface area contributed by atoms with Gasteiger partial charge in [0.05, 0.1) is 31.8 Å². The van der Waals surface area contributed by atoms with Gasteiger partial charge in [0.1, 0.15) is 35.6 Å². The van der Waals surface area contributed by atoms with E-state index in [1.165, 1.54) is 10.9 Å². The molecule has 4 aromatic heterocycles. The first-order valence-electron chi connectivity index (χ1n) is 11.2. The maximum Gasteiger partial charge on any atom is 0.278 e. The van der Waals surface area contributed by atoms with Gasteiger partial charge in [0, 0.05) is 11.8 Å². The highest BCUT2D eigenvalue weighted by Gasteiger charge is 2.20. The van der Waals surface area contributed by atoms with Crippen molar-refractivity contribution in [1.29, 1.82) is 0 Å². The smallest absolute Gasteiger partial charge is 0.278 e. The lowest BCUT2D eigenvalue weighted by Crippen LogP contribution is -2.29. The van der Waals surface area contributed by atoms with E-state index in [-0.39, 0.29) is 31.1 Å².